The van der Waals surface area contributed by atoms with E-state index in [0.717, 1.165) is 34.6 Å². The van der Waals surface area contributed by atoms with E-state index in [1.54, 1.807) is 12.3 Å². The molecule has 0 aromatic carbocycles. The van der Waals surface area contributed by atoms with Crippen LogP contribution in [0.2, 0.25) is 0 Å². The lowest BCUT2D eigenvalue weighted by atomic mass is 9.76. The van der Waals surface area contributed by atoms with Crippen molar-refractivity contribution in [3.8, 4) is 22.5 Å². The standard InChI is InChI=1S/C23H22F3N5O2/c1-31-19-14(18(21(32)33)20(31)22(9-27)10-28-11-22)4-2-12-7-29-16(6-15(12)19)13-3-5-17(30-8-13)23(24,25)26/h3,5-8,28H,2,4,9-11,27H2,1H3,(H,32,33). The van der Waals surface area contributed by atoms with Gasteiger partial charge in [0.15, 0.2) is 0 Å². The molecule has 0 spiro atoms. The maximum Gasteiger partial charge on any atom is 0.433 e. The van der Waals surface area contributed by atoms with Crippen LogP contribution in [0.25, 0.3) is 22.5 Å². The highest BCUT2D eigenvalue weighted by atomic mass is 19.4. The van der Waals surface area contributed by atoms with Gasteiger partial charge in [-0.3, -0.25) is 9.97 Å². The van der Waals surface area contributed by atoms with E-state index >= 15 is 0 Å². The topological polar surface area (TPSA) is 106 Å². The highest BCUT2D eigenvalue weighted by Gasteiger charge is 2.45. The van der Waals surface area contributed by atoms with Crippen molar-refractivity contribution in [1.29, 1.82) is 0 Å². The minimum Gasteiger partial charge on any atom is -0.478 e. The lowest BCUT2D eigenvalue weighted by Crippen LogP contribution is -2.62. The number of nitrogens with one attached hydrogen (secondary N) is 1. The van der Waals surface area contributed by atoms with Crippen molar-refractivity contribution in [3.63, 3.8) is 0 Å². The number of pyridine rings is 2. The number of aromatic carboxylic acids is 1. The van der Waals surface area contributed by atoms with Crippen molar-refractivity contribution in [3.05, 3.63) is 58.7 Å². The first-order valence-corrected chi connectivity index (χ1v) is 10.6. The number of fused-ring (bicyclic) bond motifs is 3. The van der Waals surface area contributed by atoms with E-state index in [-0.39, 0.29) is 0 Å². The number of carboxylic acid groups (broad SMARTS) is 1. The predicted octanol–water partition coefficient (Wildman–Crippen LogP) is 2.76. The van der Waals surface area contributed by atoms with Crippen LogP contribution in [0.1, 0.15) is 32.9 Å². The van der Waals surface area contributed by atoms with Gasteiger partial charge in [-0.25, -0.2) is 4.79 Å². The number of hydrogen-bond donors (Lipinski definition) is 3. The Balaban J connectivity index is 1.66. The summed E-state index contributed by atoms with van der Waals surface area (Å²) in [7, 11) is 1.85. The first-order chi connectivity index (χ1) is 15.7. The van der Waals surface area contributed by atoms with Crippen molar-refractivity contribution >= 4 is 5.97 Å². The molecule has 2 aliphatic rings. The number of rotatable bonds is 4. The molecule has 1 fully saturated rings. The molecule has 1 saturated heterocycles. The van der Waals surface area contributed by atoms with Gasteiger partial charge >= 0.3 is 12.1 Å². The molecule has 0 saturated carbocycles. The number of nitrogens with zero attached hydrogens (tertiary/aromatic N) is 3. The lowest BCUT2D eigenvalue weighted by molar-refractivity contribution is -0.141. The summed E-state index contributed by atoms with van der Waals surface area (Å²) in [5, 5.41) is 13.3. The van der Waals surface area contributed by atoms with Crippen LogP contribution < -0.4 is 11.1 Å². The van der Waals surface area contributed by atoms with Gasteiger partial charge in [0, 0.05) is 61.3 Å². The zero-order valence-corrected chi connectivity index (χ0v) is 17.8. The van der Waals surface area contributed by atoms with Crippen molar-refractivity contribution < 1.29 is 23.1 Å². The maximum absolute atomic E-state index is 12.9. The molecule has 33 heavy (non-hydrogen) atoms. The summed E-state index contributed by atoms with van der Waals surface area (Å²) < 4.78 is 40.6. The number of carbonyl (C=O) groups is 1. The van der Waals surface area contributed by atoms with Crippen molar-refractivity contribution in [1.82, 2.24) is 19.9 Å². The van der Waals surface area contributed by atoms with Crippen molar-refractivity contribution in [2.45, 2.75) is 24.4 Å². The van der Waals surface area contributed by atoms with Crippen molar-refractivity contribution in [2.24, 2.45) is 12.8 Å². The first kappa shape index (κ1) is 21.6. The minimum atomic E-state index is -4.52. The minimum absolute atomic E-state index is 0.305. The summed E-state index contributed by atoms with van der Waals surface area (Å²) in [5.74, 6) is -0.980. The molecule has 5 rings (SSSR count). The number of nitrogens with two attached hydrogens (primary N) is 1. The molecular formula is C23H22F3N5O2. The van der Waals surface area contributed by atoms with Crippen LogP contribution in [0, 0.1) is 0 Å². The zero-order valence-electron chi connectivity index (χ0n) is 17.8. The van der Waals surface area contributed by atoms with E-state index in [0.29, 0.717) is 55.0 Å². The van der Waals surface area contributed by atoms with Crippen LogP contribution >= 0.6 is 0 Å². The zero-order chi connectivity index (χ0) is 23.5. The Bertz CT molecular complexity index is 1260. The van der Waals surface area contributed by atoms with Gasteiger partial charge in [0.25, 0.3) is 0 Å². The van der Waals surface area contributed by atoms with E-state index in [4.69, 9.17) is 5.73 Å². The van der Waals surface area contributed by atoms with Crippen LogP contribution in [0.3, 0.4) is 0 Å². The van der Waals surface area contributed by atoms with Gasteiger partial charge in [-0.1, -0.05) is 0 Å². The Morgan fingerprint density at radius 1 is 1.24 bits per heavy atom. The molecule has 172 valence electrons. The Kier molecular flexibility index (Phi) is 4.84. The Labute approximate surface area is 187 Å². The number of hydrogen-bond acceptors (Lipinski definition) is 5. The summed E-state index contributed by atoms with van der Waals surface area (Å²) in [5.41, 5.74) is 9.96. The van der Waals surface area contributed by atoms with Gasteiger partial charge < -0.3 is 20.7 Å². The predicted molar refractivity (Wildman–Crippen MR) is 115 cm³/mol. The second-order valence-corrected chi connectivity index (χ2v) is 8.66. The fraction of sp³-hybridized carbons (Fsp3) is 0.348. The van der Waals surface area contributed by atoms with Crippen LogP contribution in [0.4, 0.5) is 13.2 Å². The van der Waals surface area contributed by atoms with Gasteiger partial charge in [0.05, 0.1) is 17.0 Å². The largest absolute Gasteiger partial charge is 0.478 e. The summed E-state index contributed by atoms with van der Waals surface area (Å²) in [4.78, 5) is 20.3. The quantitative estimate of drug-likeness (QED) is 0.556. The number of aryl methyl sites for hydroxylation is 1. The molecule has 0 amide bonds. The molecule has 0 unspecified atom stereocenters. The molecule has 7 nitrogen and oxygen atoms in total. The molecule has 10 heteroatoms. The molecule has 3 aromatic heterocycles. The average molecular weight is 457 g/mol. The maximum atomic E-state index is 12.9. The average Bonchev–Trinajstić information content (AvgIpc) is 3.06. The van der Waals surface area contributed by atoms with Gasteiger partial charge in [0.2, 0.25) is 0 Å². The van der Waals surface area contributed by atoms with E-state index in [1.165, 1.54) is 6.07 Å². The fourth-order valence-electron chi connectivity index (χ4n) is 5.05. The molecule has 1 aliphatic heterocycles. The summed E-state index contributed by atoms with van der Waals surface area (Å²) in [6, 6.07) is 4.08. The Morgan fingerprint density at radius 2 is 2.00 bits per heavy atom. The molecular weight excluding hydrogens is 435 g/mol. The molecule has 0 atom stereocenters. The smallest absolute Gasteiger partial charge is 0.433 e. The normalized spacial score (nSPS) is 16.6. The number of carboxylic acids is 1. The first-order valence-electron chi connectivity index (χ1n) is 10.6. The Hall–Kier alpha value is -3.24. The SMILES string of the molecule is Cn1c2c(c(C(=O)O)c1C1(CN)CNC1)CCc1cnc(-c3ccc(C(F)(F)F)nc3)cc1-2. The Morgan fingerprint density at radius 3 is 2.55 bits per heavy atom. The van der Waals surface area contributed by atoms with E-state index < -0.39 is 23.3 Å². The van der Waals surface area contributed by atoms with Gasteiger partial charge in [0.1, 0.15) is 5.69 Å². The lowest BCUT2D eigenvalue weighted by Gasteiger charge is -2.42. The molecule has 0 bridgehead atoms. The van der Waals surface area contributed by atoms with Crippen LogP contribution in [0.5, 0.6) is 0 Å². The summed E-state index contributed by atoms with van der Waals surface area (Å²) in [6.45, 7) is 1.53. The van der Waals surface area contributed by atoms with Gasteiger partial charge in [-0.15, -0.1) is 0 Å². The molecule has 4 heterocycles. The number of aromatic nitrogens is 3. The summed E-state index contributed by atoms with van der Waals surface area (Å²) >= 11 is 0. The van der Waals surface area contributed by atoms with Crippen molar-refractivity contribution in [2.75, 3.05) is 19.6 Å². The van der Waals surface area contributed by atoms with Gasteiger partial charge in [-0.2, -0.15) is 13.2 Å². The van der Waals surface area contributed by atoms with Crippen LogP contribution in [-0.2, 0) is 31.5 Å². The van der Waals surface area contributed by atoms with Gasteiger partial charge in [-0.05, 0) is 42.2 Å². The third-order valence-corrected chi connectivity index (χ3v) is 6.76. The second-order valence-electron chi connectivity index (χ2n) is 8.66. The van der Waals surface area contributed by atoms with E-state index in [9.17, 15) is 23.1 Å². The van der Waals surface area contributed by atoms with E-state index in [1.807, 2.05) is 11.6 Å². The third kappa shape index (κ3) is 3.24. The molecule has 0 radical (unpaired) electrons. The number of alkyl halides is 3. The highest BCUT2D eigenvalue weighted by molar-refractivity contribution is 5.95. The van der Waals surface area contributed by atoms with Crippen LogP contribution in [-0.4, -0.2) is 45.2 Å². The third-order valence-electron chi connectivity index (χ3n) is 6.76. The summed E-state index contributed by atoms with van der Waals surface area (Å²) in [6.07, 6.45) is -0.461. The highest BCUT2D eigenvalue weighted by Crippen LogP contribution is 2.43. The van der Waals surface area contributed by atoms with E-state index in [2.05, 4.69) is 15.3 Å². The molecule has 4 N–H and O–H groups in total. The monoisotopic (exact) mass is 457 g/mol. The number of halogens is 3. The fourth-order valence-corrected chi connectivity index (χ4v) is 5.05. The second kappa shape index (κ2) is 7.39. The van der Waals surface area contributed by atoms with Crippen LogP contribution in [0.15, 0.2) is 30.6 Å². The molecule has 1 aliphatic carbocycles. The molecule has 3 aromatic rings.